The summed E-state index contributed by atoms with van der Waals surface area (Å²) in [6.45, 7) is 0.112. The molecule has 1 N–H and O–H groups in total. The lowest BCUT2D eigenvalue weighted by molar-refractivity contribution is -0.112. The summed E-state index contributed by atoms with van der Waals surface area (Å²) in [7, 11) is 1.45. The number of nitrogens with zero attached hydrogens (tertiary/aromatic N) is 2. The van der Waals surface area contributed by atoms with E-state index in [1.807, 2.05) is 12.1 Å². The summed E-state index contributed by atoms with van der Waals surface area (Å²) in [4.78, 5) is 12.5. The first-order valence-corrected chi connectivity index (χ1v) is 10.4. The van der Waals surface area contributed by atoms with Gasteiger partial charge in [-0.15, -0.1) is 0 Å². The molecule has 0 aromatic heterocycles. The minimum Gasteiger partial charge on any atom is -0.493 e. The molecule has 0 saturated heterocycles. The Bertz CT molecular complexity index is 1310. The first kappa shape index (κ1) is 23.7. The fourth-order valence-electron chi connectivity index (χ4n) is 2.95. The van der Waals surface area contributed by atoms with Gasteiger partial charge in [0.2, 0.25) is 0 Å². The van der Waals surface area contributed by atoms with Gasteiger partial charge >= 0.3 is 0 Å². The molecule has 6 nitrogen and oxygen atoms in total. The van der Waals surface area contributed by atoms with Crippen LogP contribution in [0.3, 0.4) is 0 Å². The molecule has 3 aromatic carbocycles. The topological polar surface area (TPSA) is 95.1 Å². The van der Waals surface area contributed by atoms with Crippen molar-refractivity contribution in [2.45, 2.75) is 6.61 Å². The van der Waals surface area contributed by atoms with Crippen LogP contribution >= 0.6 is 23.2 Å². The second-order valence-electron chi connectivity index (χ2n) is 6.73. The smallest absolute Gasteiger partial charge is 0.266 e. The van der Waals surface area contributed by atoms with Crippen molar-refractivity contribution in [3.05, 3.63) is 93.0 Å². The predicted octanol–water partition coefficient (Wildman–Crippen LogP) is 6.00. The predicted molar refractivity (Wildman–Crippen MR) is 127 cm³/mol. The summed E-state index contributed by atoms with van der Waals surface area (Å²) in [6, 6.07) is 20.8. The van der Waals surface area contributed by atoms with Crippen molar-refractivity contribution < 1.29 is 14.3 Å². The van der Waals surface area contributed by atoms with Crippen LogP contribution in [-0.2, 0) is 11.4 Å². The Morgan fingerprint density at radius 1 is 1.09 bits per heavy atom. The van der Waals surface area contributed by atoms with Crippen LogP contribution in [-0.4, -0.2) is 13.0 Å². The average molecular weight is 478 g/mol. The molecule has 0 aliphatic heterocycles. The van der Waals surface area contributed by atoms with Crippen LogP contribution in [0.1, 0.15) is 16.7 Å². The van der Waals surface area contributed by atoms with Crippen LogP contribution in [0, 0.1) is 22.7 Å². The Kier molecular flexibility index (Phi) is 7.94. The number of benzene rings is 3. The highest BCUT2D eigenvalue weighted by Crippen LogP contribution is 2.37. The number of ether oxygens (including phenoxy) is 2. The van der Waals surface area contributed by atoms with Crippen molar-refractivity contribution in [1.29, 1.82) is 10.5 Å². The van der Waals surface area contributed by atoms with Crippen LogP contribution in [0.4, 0.5) is 5.69 Å². The Hall–Kier alpha value is -3.97. The fraction of sp³-hybridized carbons (Fsp3) is 0.0800. The second-order valence-corrected chi connectivity index (χ2v) is 7.57. The minimum atomic E-state index is -0.594. The Morgan fingerprint density at radius 3 is 2.58 bits per heavy atom. The van der Waals surface area contributed by atoms with Gasteiger partial charge in [-0.05, 0) is 48.0 Å². The van der Waals surface area contributed by atoms with Crippen LogP contribution in [0.15, 0.2) is 66.2 Å². The van der Waals surface area contributed by atoms with Crippen molar-refractivity contribution in [2.75, 3.05) is 12.4 Å². The molecule has 164 valence electrons. The van der Waals surface area contributed by atoms with Crippen LogP contribution in [0.5, 0.6) is 11.5 Å². The van der Waals surface area contributed by atoms with E-state index in [2.05, 4.69) is 11.4 Å². The Morgan fingerprint density at radius 2 is 1.88 bits per heavy atom. The zero-order valence-corrected chi connectivity index (χ0v) is 18.9. The van der Waals surface area contributed by atoms with E-state index in [4.69, 9.17) is 32.7 Å². The molecule has 0 atom stereocenters. The summed E-state index contributed by atoms with van der Waals surface area (Å²) < 4.78 is 11.2. The maximum atomic E-state index is 12.5. The first-order valence-electron chi connectivity index (χ1n) is 9.62. The van der Waals surface area contributed by atoms with Gasteiger partial charge in [0.05, 0.1) is 23.8 Å². The quantitative estimate of drug-likeness (QED) is 0.332. The van der Waals surface area contributed by atoms with E-state index in [1.165, 1.54) is 13.2 Å². The normalized spacial score (nSPS) is 10.6. The highest BCUT2D eigenvalue weighted by molar-refractivity contribution is 6.32. The molecular formula is C25H17Cl2N3O3. The van der Waals surface area contributed by atoms with E-state index >= 15 is 0 Å². The summed E-state index contributed by atoms with van der Waals surface area (Å²) in [5.74, 6) is 0.00460. The number of halogens is 2. The number of hydrogen-bond acceptors (Lipinski definition) is 5. The number of methoxy groups -OCH3 is 1. The highest BCUT2D eigenvalue weighted by Gasteiger charge is 2.15. The summed E-state index contributed by atoms with van der Waals surface area (Å²) in [5.41, 5.74) is 2.00. The number of rotatable bonds is 7. The molecule has 0 radical (unpaired) electrons. The lowest BCUT2D eigenvalue weighted by atomic mass is 10.1. The molecule has 0 spiro atoms. The second kappa shape index (κ2) is 11.1. The number of anilines is 1. The molecular weight excluding hydrogens is 461 g/mol. The maximum absolute atomic E-state index is 12.5. The van der Waals surface area contributed by atoms with E-state index in [1.54, 1.807) is 54.6 Å². The molecule has 33 heavy (non-hydrogen) atoms. The maximum Gasteiger partial charge on any atom is 0.266 e. The van der Waals surface area contributed by atoms with Crippen molar-refractivity contribution >= 4 is 40.9 Å². The lowest BCUT2D eigenvalue weighted by Gasteiger charge is -2.14. The van der Waals surface area contributed by atoms with Gasteiger partial charge in [-0.25, -0.2) is 0 Å². The standard InChI is InChI=1S/C25H17Cl2N3O3/c1-32-23-11-16(9-19(14-29)25(31)30-21-8-4-7-20(26)12-21)10-22(27)24(23)33-15-18-6-3-2-5-17(18)13-28/h2-12H,15H2,1H3,(H,30,31)/b19-9+. The molecule has 8 heteroatoms. The zero-order valence-electron chi connectivity index (χ0n) is 17.4. The van der Waals surface area contributed by atoms with Crippen molar-refractivity contribution in [2.24, 2.45) is 0 Å². The SMILES string of the molecule is COc1cc(/C=C(\C#N)C(=O)Nc2cccc(Cl)c2)cc(Cl)c1OCc1ccccc1C#N. The van der Waals surface area contributed by atoms with Gasteiger partial charge in [0.1, 0.15) is 18.2 Å². The third kappa shape index (κ3) is 6.05. The van der Waals surface area contributed by atoms with E-state index in [0.29, 0.717) is 33.1 Å². The molecule has 3 rings (SSSR count). The molecule has 0 heterocycles. The van der Waals surface area contributed by atoms with Gasteiger partial charge in [0, 0.05) is 16.3 Å². The third-order valence-electron chi connectivity index (χ3n) is 4.52. The minimum absolute atomic E-state index is 0.112. The molecule has 0 bridgehead atoms. The van der Waals surface area contributed by atoms with Gasteiger partial charge in [0.15, 0.2) is 11.5 Å². The van der Waals surface area contributed by atoms with Crippen molar-refractivity contribution in [1.82, 2.24) is 0 Å². The van der Waals surface area contributed by atoms with E-state index < -0.39 is 5.91 Å². The third-order valence-corrected chi connectivity index (χ3v) is 5.04. The zero-order chi connectivity index (χ0) is 23.8. The molecule has 0 aliphatic carbocycles. The van der Waals surface area contributed by atoms with Gasteiger partial charge in [-0.2, -0.15) is 10.5 Å². The Balaban J connectivity index is 1.84. The van der Waals surface area contributed by atoms with Gasteiger partial charge in [-0.1, -0.05) is 47.5 Å². The molecule has 0 fully saturated rings. The van der Waals surface area contributed by atoms with Gasteiger partial charge < -0.3 is 14.8 Å². The molecule has 0 unspecified atom stereocenters. The number of carbonyl (C=O) groups is 1. The van der Waals surface area contributed by atoms with E-state index in [9.17, 15) is 15.3 Å². The van der Waals surface area contributed by atoms with Gasteiger partial charge in [-0.3, -0.25) is 4.79 Å². The molecule has 0 saturated carbocycles. The van der Waals surface area contributed by atoms with Crippen molar-refractivity contribution in [3.8, 4) is 23.6 Å². The lowest BCUT2D eigenvalue weighted by Crippen LogP contribution is -2.13. The number of nitrogens with one attached hydrogen (secondary N) is 1. The molecule has 3 aromatic rings. The number of carbonyl (C=O) groups excluding carboxylic acids is 1. The summed E-state index contributed by atoms with van der Waals surface area (Å²) in [6.07, 6.45) is 1.39. The van der Waals surface area contributed by atoms with Gasteiger partial charge in [0.25, 0.3) is 5.91 Å². The number of amides is 1. The largest absolute Gasteiger partial charge is 0.493 e. The van der Waals surface area contributed by atoms with Crippen LogP contribution in [0.25, 0.3) is 6.08 Å². The number of hydrogen-bond donors (Lipinski definition) is 1. The van der Waals surface area contributed by atoms with Crippen LogP contribution < -0.4 is 14.8 Å². The van der Waals surface area contributed by atoms with E-state index in [-0.39, 0.29) is 23.0 Å². The van der Waals surface area contributed by atoms with E-state index in [0.717, 1.165) is 0 Å². The highest BCUT2D eigenvalue weighted by atomic mass is 35.5. The fourth-order valence-corrected chi connectivity index (χ4v) is 3.41. The summed E-state index contributed by atoms with van der Waals surface area (Å²) in [5, 5.41) is 22.0. The van der Waals surface area contributed by atoms with Crippen LogP contribution in [0.2, 0.25) is 10.0 Å². The Labute approximate surface area is 201 Å². The summed E-state index contributed by atoms with van der Waals surface area (Å²) >= 11 is 12.3. The monoisotopic (exact) mass is 477 g/mol. The molecule has 1 amide bonds. The van der Waals surface area contributed by atoms with Crippen molar-refractivity contribution in [3.63, 3.8) is 0 Å². The first-order chi connectivity index (χ1) is 15.9. The molecule has 0 aliphatic rings. The average Bonchev–Trinajstić information content (AvgIpc) is 2.81. The number of nitriles is 2.